The van der Waals surface area contributed by atoms with Crippen LogP contribution in [0.15, 0.2) is 122 Å². The van der Waals surface area contributed by atoms with E-state index in [1.807, 2.05) is 87.0 Å². The standard InChI is InChI=1S/C19H19N2O4.C18H17N2O3.C9H5F3N3.Ir/c1-22-14-5-7-16(18(11-14)24-3)20-9-10-21(13-20)17-8-6-15(23-2)12-19(17)25-4;1-21-15-6-4-14(5-7-15)19-10-11-20(13-19)17-9-8-16(22-2)12-18(17)23-3;10-9(11,12)8-5-7(14-15-8)6-3-1-2-4-13-6;/h5-7,9-12H,1-4H3;4-8,10-12H,1-3H3;1-5H;/q3*-1;. The van der Waals surface area contributed by atoms with Crippen molar-refractivity contribution >= 4 is 0 Å². The molecule has 4 heterocycles. The van der Waals surface area contributed by atoms with E-state index in [-0.39, 0.29) is 25.8 Å². The summed E-state index contributed by atoms with van der Waals surface area (Å²) in [6, 6.07) is 32.6. The van der Waals surface area contributed by atoms with Gasteiger partial charge in [0, 0.05) is 85.8 Å². The molecule has 0 aliphatic heterocycles. The molecule has 0 fully saturated rings. The van der Waals surface area contributed by atoms with Crippen LogP contribution in [-0.2, 0) is 26.3 Å². The molecule has 18 heteroatoms. The van der Waals surface area contributed by atoms with Crippen molar-refractivity contribution in [3.05, 3.63) is 152 Å². The second-order valence-electron chi connectivity index (χ2n) is 12.8. The number of aromatic nitrogens is 7. The molecule has 4 aromatic carbocycles. The van der Waals surface area contributed by atoms with E-state index in [4.69, 9.17) is 33.2 Å². The maximum atomic E-state index is 12.2. The van der Waals surface area contributed by atoms with Gasteiger partial charge < -0.3 is 52.5 Å². The van der Waals surface area contributed by atoms with Crippen LogP contribution in [0.2, 0.25) is 0 Å². The topological polar surface area (TPSA) is 122 Å². The zero-order valence-electron chi connectivity index (χ0n) is 35.5. The summed E-state index contributed by atoms with van der Waals surface area (Å²) in [7, 11) is 11.3. The van der Waals surface area contributed by atoms with Gasteiger partial charge in [0.15, 0.2) is 0 Å². The number of alkyl halides is 3. The molecule has 4 aromatic heterocycles. The molecule has 14 nitrogen and oxygen atoms in total. The number of pyridine rings is 1. The number of methoxy groups -OCH3 is 7. The normalized spacial score (nSPS) is 10.5. The number of ether oxygens (including phenoxy) is 7. The summed E-state index contributed by atoms with van der Waals surface area (Å²) in [6.45, 7) is 0. The average molecular weight is 1050 g/mol. The Morgan fingerprint density at radius 3 is 1.62 bits per heavy atom. The van der Waals surface area contributed by atoms with Crippen LogP contribution in [0.25, 0.3) is 34.1 Å². The van der Waals surface area contributed by atoms with Crippen LogP contribution in [0, 0.1) is 24.8 Å². The van der Waals surface area contributed by atoms with Gasteiger partial charge in [-0.25, -0.2) is 0 Å². The molecule has 0 spiro atoms. The molecule has 0 aliphatic carbocycles. The van der Waals surface area contributed by atoms with Crippen LogP contribution in [0.5, 0.6) is 40.2 Å². The molecule has 0 atom stereocenters. The third kappa shape index (κ3) is 11.6. The second kappa shape index (κ2) is 22.2. The van der Waals surface area contributed by atoms with Crippen LogP contribution in [0.4, 0.5) is 13.2 Å². The van der Waals surface area contributed by atoms with Gasteiger partial charge in [0.1, 0.15) is 28.6 Å². The van der Waals surface area contributed by atoms with Gasteiger partial charge >= 0.3 is 6.18 Å². The maximum absolute atomic E-state index is 12.2. The third-order valence-corrected chi connectivity index (χ3v) is 9.02. The summed E-state index contributed by atoms with van der Waals surface area (Å²) in [4.78, 5) is 3.87. The van der Waals surface area contributed by atoms with E-state index < -0.39 is 11.9 Å². The summed E-state index contributed by atoms with van der Waals surface area (Å²) in [5.74, 6) is 4.91. The van der Waals surface area contributed by atoms with Crippen LogP contribution in [0.3, 0.4) is 0 Å². The Labute approximate surface area is 381 Å². The molecule has 0 saturated carbocycles. The van der Waals surface area contributed by atoms with Gasteiger partial charge in [0.25, 0.3) is 12.7 Å². The Balaban J connectivity index is 0.000000185. The zero-order chi connectivity index (χ0) is 44.9. The number of hydrogen-bond donors (Lipinski definition) is 0. The second-order valence-corrected chi connectivity index (χ2v) is 12.8. The van der Waals surface area contributed by atoms with Gasteiger partial charge in [0.05, 0.1) is 55.5 Å². The van der Waals surface area contributed by atoms with Crippen molar-refractivity contribution in [1.29, 1.82) is 0 Å². The first kappa shape index (κ1) is 47.7. The Morgan fingerprint density at radius 1 is 0.594 bits per heavy atom. The molecular weight excluding hydrogens is 1010 g/mol. The Kier molecular flexibility index (Phi) is 16.5. The van der Waals surface area contributed by atoms with E-state index >= 15 is 0 Å². The van der Waals surface area contributed by atoms with Gasteiger partial charge in [0.2, 0.25) is 0 Å². The maximum Gasteiger partial charge on any atom is 0.431 e. The fourth-order valence-electron chi connectivity index (χ4n) is 5.78. The van der Waals surface area contributed by atoms with Crippen LogP contribution >= 0.6 is 0 Å². The molecule has 0 amide bonds. The van der Waals surface area contributed by atoms with Crippen LogP contribution in [-0.4, -0.2) is 69.0 Å². The predicted octanol–water partition coefficient (Wildman–Crippen LogP) is 6.89. The molecule has 0 unspecified atom stereocenters. The Bertz CT molecular complexity index is 2640. The van der Waals surface area contributed by atoms with Gasteiger partial charge in [-0.3, -0.25) is 14.1 Å². The summed E-state index contributed by atoms with van der Waals surface area (Å²) in [5, 5.41) is 6.47. The molecule has 0 saturated heterocycles. The minimum atomic E-state index is -4.46. The molecule has 8 rings (SSSR count). The van der Waals surface area contributed by atoms with Crippen molar-refractivity contribution in [2.24, 2.45) is 0 Å². The van der Waals surface area contributed by atoms with E-state index in [1.165, 1.54) is 6.20 Å². The number of nitrogens with zero attached hydrogens (tertiary/aromatic N) is 7. The van der Waals surface area contributed by atoms with Crippen molar-refractivity contribution in [1.82, 2.24) is 24.3 Å². The number of benzene rings is 4. The average Bonchev–Trinajstić information content (AvgIpc) is 4.14. The van der Waals surface area contributed by atoms with Gasteiger partial charge in [-0.2, -0.15) is 25.3 Å². The van der Waals surface area contributed by atoms with Crippen LogP contribution in [0.1, 0.15) is 5.69 Å². The van der Waals surface area contributed by atoms with Gasteiger partial charge in [-0.1, -0.05) is 23.9 Å². The molecule has 335 valence electrons. The van der Waals surface area contributed by atoms with Crippen molar-refractivity contribution in [2.75, 3.05) is 49.8 Å². The fraction of sp³-hybridized carbons (Fsp3) is 0.174. The zero-order valence-corrected chi connectivity index (χ0v) is 37.9. The Morgan fingerprint density at radius 2 is 1.12 bits per heavy atom. The van der Waals surface area contributed by atoms with E-state index in [9.17, 15) is 13.2 Å². The molecule has 0 N–H and O–H groups in total. The van der Waals surface area contributed by atoms with E-state index in [0.29, 0.717) is 34.4 Å². The minimum absolute atomic E-state index is 0. The van der Waals surface area contributed by atoms with Crippen molar-refractivity contribution in [3.63, 3.8) is 0 Å². The van der Waals surface area contributed by atoms with Crippen molar-refractivity contribution in [3.8, 4) is 74.4 Å². The molecular formula is C46H41F3IrN7O7-3. The third-order valence-electron chi connectivity index (χ3n) is 9.02. The number of hydrogen-bond acceptors (Lipinski definition) is 9. The number of halogens is 3. The first-order chi connectivity index (χ1) is 30.5. The van der Waals surface area contributed by atoms with Crippen LogP contribution < -0.4 is 47.4 Å². The van der Waals surface area contributed by atoms with E-state index in [2.05, 4.69) is 40.0 Å². The van der Waals surface area contributed by atoms with E-state index in [0.717, 1.165) is 40.3 Å². The van der Waals surface area contributed by atoms with Gasteiger partial charge in [-0.15, -0.1) is 12.1 Å². The summed E-state index contributed by atoms with van der Waals surface area (Å²) in [5.41, 5.74) is 2.83. The van der Waals surface area contributed by atoms with Gasteiger partial charge in [-0.05, 0) is 66.0 Å². The first-order valence-corrected chi connectivity index (χ1v) is 18.7. The molecule has 0 aliphatic rings. The largest absolute Gasteiger partial charge is 0.573 e. The fourth-order valence-corrected chi connectivity index (χ4v) is 5.78. The summed E-state index contributed by atoms with van der Waals surface area (Å²) in [6.07, 6.45) is 11.0. The molecule has 1 radical (unpaired) electrons. The number of imidazole rings is 2. The first-order valence-electron chi connectivity index (χ1n) is 18.7. The molecule has 8 aromatic rings. The van der Waals surface area contributed by atoms with Crippen molar-refractivity contribution < 1.29 is 75.6 Å². The van der Waals surface area contributed by atoms with Crippen molar-refractivity contribution in [2.45, 2.75) is 6.18 Å². The predicted molar refractivity (Wildman–Crippen MR) is 222 cm³/mol. The molecule has 0 bridgehead atoms. The summed E-state index contributed by atoms with van der Waals surface area (Å²) >= 11 is 0. The number of rotatable bonds is 12. The quantitative estimate of drug-likeness (QED) is 0.0946. The SMILES string of the molecule is COc1c[c-]c(-n2[c-][n+](-c3ccc(OC)cc3OC)cc2)c(OC)c1.COc1ccc(-[n+]2[c-]n(-c3[c-]cc(OC)cc3OC)cc2)cc1.FC(F)(F)c1cc(-c2ccccn2)[n-]n1.[Ir]. The molecule has 64 heavy (non-hydrogen) atoms. The monoisotopic (exact) mass is 1050 g/mol. The Hall–Kier alpha value is -7.30. The smallest absolute Gasteiger partial charge is 0.431 e. The van der Waals surface area contributed by atoms with E-state index in [1.54, 1.807) is 90.7 Å². The minimum Gasteiger partial charge on any atom is -0.573 e. The summed E-state index contributed by atoms with van der Waals surface area (Å²) < 4.78 is 81.0.